The average molecular weight is 235 g/mol. The third kappa shape index (κ3) is 3.00. The molecule has 1 heterocycles. The van der Waals surface area contributed by atoms with Gasteiger partial charge in [0.25, 0.3) is 0 Å². The molecule has 0 spiro atoms. The predicted molar refractivity (Wildman–Crippen MR) is 61.8 cm³/mol. The van der Waals surface area contributed by atoms with Crippen LogP contribution in [0.5, 0.6) is 0 Å². The molecule has 1 aliphatic carbocycles. The van der Waals surface area contributed by atoms with Crippen molar-refractivity contribution < 1.29 is 14.3 Å². The van der Waals surface area contributed by atoms with Crippen LogP contribution in [0.4, 0.5) is 0 Å². The minimum absolute atomic E-state index is 0.0197. The van der Waals surface area contributed by atoms with Crippen molar-refractivity contribution in [1.82, 2.24) is 4.90 Å². The Hall–Kier alpha value is -1.50. The lowest BCUT2D eigenvalue weighted by Gasteiger charge is -2.31. The highest BCUT2D eigenvalue weighted by molar-refractivity contribution is 5.82. The Bertz CT molecular complexity index is 354. The van der Waals surface area contributed by atoms with E-state index >= 15 is 0 Å². The van der Waals surface area contributed by atoms with Crippen molar-refractivity contribution in [2.24, 2.45) is 11.8 Å². The largest absolute Gasteiger partial charge is 0.452 e. The van der Waals surface area contributed by atoms with Crippen LogP contribution < -0.4 is 0 Å². The normalized spacial score (nSPS) is 23.9. The molecule has 1 unspecified atom stereocenters. The van der Waals surface area contributed by atoms with Gasteiger partial charge in [-0.15, -0.1) is 6.42 Å². The summed E-state index contributed by atoms with van der Waals surface area (Å²) < 4.78 is 4.92. The van der Waals surface area contributed by atoms with Gasteiger partial charge < -0.3 is 9.64 Å². The predicted octanol–water partition coefficient (Wildman–Crippen LogP) is 0.811. The fourth-order valence-corrected chi connectivity index (χ4v) is 2.19. The van der Waals surface area contributed by atoms with Crippen molar-refractivity contribution in [3.8, 4) is 12.3 Å². The Labute approximate surface area is 101 Å². The highest BCUT2D eigenvalue weighted by Crippen LogP contribution is 2.32. The van der Waals surface area contributed by atoms with Crippen molar-refractivity contribution in [3.63, 3.8) is 0 Å². The Kier molecular flexibility index (Phi) is 3.68. The molecule has 2 rings (SSSR count). The first-order chi connectivity index (χ1) is 8.22. The van der Waals surface area contributed by atoms with Crippen LogP contribution in [0.3, 0.4) is 0 Å². The Morgan fingerprint density at radius 3 is 2.71 bits per heavy atom. The third-order valence-corrected chi connectivity index (χ3v) is 3.29. The Morgan fingerprint density at radius 1 is 1.29 bits per heavy atom. The molecule has 0 bridgehead atoms. The fraction of sp³-hybridized carbons (Fsp3) is 0.692. The quantitative estimate of drug-likeness (QED) is 0.537. The highest BCUT2D eigenvalue weighted by Gasteiger charge is 2.36. The van der Waals surface area contributed by atoms with Gasteiger partial charge in [0, 0.05) is 19.0 Å². The number of likely N-dealkylation sites (tertiary alicyclic amines) is 1. The van der Waals surface area contributed by atoms with Gasteiger partial charge in [-0.05, 0) is 25.7 Å². The maximum atomic E-state index is 11.9. The number of carbonyl (C=O) groups excluding carboxylic acids is 2. The van der Waals surface area contributed by atoms with E-state index in [1.807, 2.05) is 4.90 Å². The molecule has 1 saturated carbocycles. The maximum absolute atomic E-state index is 11.9. The molecule has 4 nitrogen and oxygen atoms in total. The number of piperidine rings is 1. The monoisotopic (exact) mass is 235 g/mol. The average Bonchev–Trinajstić information content (AvgIpc) is 3.19. The number of hydrogen-bond donors (Lipinski definition) is 0. The lowest BCUT2D eigenvalue weighted by Crippen LogP contribution is -2.43. The summed E-state index contributed by atoms with van der Waals surface area (Å²) in [6.07, 6.45) is 8.70. The number of rotatable bonds is 3. The Balaban J connectivity index is 1.85. The van der Waals surface area contributed by atoms with Crippen LogP contribution in [0.1, 0.15) is 25.7 Å². The molecule has 0 aromatic rings. The SMILES string of the molecule is C#CCOC(=O)C1CCCN(C(=O)C2CC2)C1. The van der Waals surface area contributed by atoms with Gasteiger partial charge in [-0.1, -0.05) is 5.92 Å². The molecule has 0 radical (unpaired) electrons. The van der Waals surface area contributed by atoms with Crippen LogP contribution in [0, 0.1) is 24.2 Å². The second-order valence-corrected chi connectivity index (χ2v) is 4.71. The zero-order valence-electron chi connectivity index (χ0n) is 9.85. The molecular formula is C13H17NO3. The molecule has 1 atom stereocenters. The molecule has 17 heavy (non-hydrogen) atoms. The van der Waals surface area contributed by atoms with Crippen LogP contribution >= 0.6 is 0 Å². The Morgan fingerprint density at radius 2 is 2.06 bits per heavy atom. The lowest BCUT2D eigenvalue weighted by atomic mass is 9.98. The molecule has 1 amide bonds. The van der Waals surface area contributed by atoms with Crippen LogP contribution in [0.25, 0.3) is 0 Å². The number of esters is 1. The van der Waals surface area contributed by atoms with Gasteiger partial charge in [-0.3, -0.25) is 9.59 Å². The van der Waals surface area contributed by atoms with Crippen molar-refractivity contribution in [2.75, 3.05) is 19.7 Å². The number of carbonyl (C=O) groups is 2. The molecule has 2 fully saturated rings. The van der Waals surface area contributed by atoms with Crippen LogP contribution in [-0.2, 0) is 14.3 Å². The number of nitrogens with zero attached hydrogens (tertiary/aromatic N) is 1. The summed E-state index contributed by atoms with van der Waals surface area (Å²) in [5, 5.41) is 0. The van der Waals surface area contributed by atoms with E-state index < -0.39 is 0 Å². The molecule has 0 aromatic heterocycles. The van der Waals surface area contributed by atoms with Crippen LogP contribution in [0.2, 0.25) is 0 Å². The first-order valence-corrected chi connectivity index (χ1v) is 6.11. The summed E-state index contributed by atoms with van der Waals surface area (Å²) in [6, 6.07) is 0. The topological polar surface area (TPSA) is 46.6 Å². The zero-order chi connectivity index (χ0) is 12.3. The minimum atomic E-state index is -0.267. The van der Waals surface area contributed by atoms with Crippen molar-refractivity contribution in [3.05, 3.63) is 0 Å². The van der Waals surface area contributed by atoms with E-state index in [2.05, 4.69) is 5.92 Å². The number of amides is 1. The smallest absolute Gasteiger partial charge is 0.311 e. The molecular weight excluding hydrogens is 218 g/mol. The van der Waals surface area contributed by atoms with Gasteiger partial charge in [-0.25, -0.2) is 0 Å². The highest BCUT2D eigenvalue weighted by atomic mass is 16.5. The van der Waals surface area contributed by atoms with Gasteiger partial charge >= 0.3 is 5.97 Å². The molecule has 0 N–H and O–H groups in total. The van der Waals surface area contributed by atoms with E-state index in [0.29, 0.717) is 6.54 Å². The summed E-state index contributed by atoms with van der Waals surface area (Å²) in [5.41, 5.74) is 0. The van der Waals surface area contributed by atoms with Gasteiger partial charge in [0.2, 0.25) is 5.91 Å². The molecule has 0 aromatic carbocycles. The van der Waals surface area contributed by atoms with Gasteiger partial charge in [0.05, 0.1) is 5.92 Å². The van der Waals surface area contributed by atoms with Gasteiger partial charge in [-0.2, -0.15) is 0 Å². The lowest BCUT2D eigenvalue weighted by molar-refractivity contribution is -0.150. The third-order valence-electron chi connectivity index (χ3n) is 3.29. The van der Waals surface area contributed by atoms with E-state index in [0.717, 1.165) is 32.2 Å². The van der Waals surface area contributed by atoms with E-state index in [9.17, 15) is 9.59 Å². The molecule has 4 heteroatoms. The standard InChI is InChI=1S/C13H17NO3/c1-2-8-17-13(16)11-4-3-7-14(9-11)12(15)10-5-6-10/h1,10-11H,3-9H2. The number of hydrogen-bond acceptors (Lipinski definition) is 3. The number of terminal acetylenes is 1. The fourth-order valence-electron chi connectivity index (χ4n) is 2.19. The zero-order valence-corrected chi connectivity index (χ0v) is 9.85. The molecule has 1 aliphatic heterocycles. The summed E-state index contributed by atoms with van der Waals surface area (Å²) in [6.45, 7) is 1.29. The van der Waals surface area contributed by atoms with Gasteiger partial charge in [0.15, 0.2) is 6.61 Å². The van der Waals surface area contributed by atoms with Crippen LogP contribution in [-0.4, -0.2) is 36.5 Å². The van der Waals surface area contributed by atoms with Crippen LogP contribution in [0.15, 0.2) is 0 Å². The summed E-state index contributed by atoms with van der Waals surface area (Å²) in [4.78, 5) is 25.3. The summed E-state index contributed by atoms with van der Waals surface area (Å²) in [5.74, 6) is 2.24. The van der Waals surface area contributed by atoms with Crippen molar-refractivity contribution in [1.29, 1.82) is 0 Å². The van der Waals surface area contributed by atoms with E-state index in [-0.39, 0.29) is 30.3 Å². The van der Waals surface area contributed by atoms with Crippen molar-refractivity contribution >= 4 is 11.9 Å². The summed E-state index contributed by atoms with van der Waals surface area (Å²) in [7, 11) is 0. The maximum Gasteiger partial charge on any atom is 0.311 e. The first-order valence-electron chi connectivity index (χ1n) is 6.11. The van der Waals surface area contributed by atoms with E-state index in [4.69, 9.17) is 11.2 Å². The van der Waals surface area contributed by atoms with E-state index in [1.165, 1.54) is 0 Å². The summed E-state index contributed by atoms with van der Waals surface area (Å²) >= 11 is 0. The first kappa shape index (κ1) is 12.0. The molecule has 92 valence electrons. The van der Waals surface area contributed by atoms with Gasteiger partial charge in [0.1, 0.15) is 0 Å². The molecule has 2 aliphatic rings. The minimum Gasteiger partial charge on any atom is -0.452 e. The second kappa shape index (κ2) is 5.22. The number of ether oxygens (including phenoxy) is 1. The van der Waals surface area contributed by atoms with E-state index in [1.54, 1.807) is 0 Å². The second-order valence-electron chi connectivity index (χ2n) is 4.71. The molecule has 1 saturated heterocycles. The van der Waals surface area contributed by atoms with Crippen molar-refractivity contribution in [2.45, 2.75) is 25.7 Å².